The molecule has 10 atom stereocenters. The predicted octanol–water partition coefficient (Wildman–Crippen LogP) is -1.20. The molecule has 2 saturated heterocycles. The van der Waals surface area contributed by atoms with E-state index in [0.29, 0.717) is 0 Å². The lowest BCUT2D eigenvalue weighted by molar-refractivity contribution is -0.277. The molecule has 18 nitrogen and oxygen atoms in total. The van der Waals surface area contributed by atoms with Crippen molar-refractivity contribution in [3.05, 3.63) is 76.5 Å². The monoisotopic (exact) mass is 730 g/mol. The number of aromatic hydroxyl groups is 3. The van der Waals surface area contributed by atoms with Crippen molar-refractivity contribution in [3.63, 3.8) is 0 Å². The van der Waals surface area contributed by atoms with Crippen LogP contribution in [-0.4, -0.2) is 132 Å². The molecule has 2 fully saturated rings. The average molecular weight is 731 g/mol. The van der Waals surface area contributed by atoms with Crippen molar-refractivity contribution in [2.24, 2.45) is 0 Å². The second-order valence-electron chi connectivity index (χ2n) is 12.0. The third-order valence-electron chi connectivity index (χ3n) is 8.52. The van der Waals surface area contributed by atoms with E-state index >= 15 is 0 Å². The van der Waals surface area contributed by atoms with Crippen LogP contribution in [0.3, 0.4) is 0 Å². The number of benzene rings is 3. The lowest BCUT2D eigenvalue weighted by Gasteiger charge is -2.39. The van der Waals surface area contributed by atoms with Crippen LogP contribution in [0.15, 0.2) is 69.9 Å². The Morgan fingerprint density at radius 2 is 1.25 bits per heavy atom. The smallest absolute Gasteiger partial charge is 0.338 e. The number of phenols is 3. The molecule has 0 saturated carbocycles. The number of aliphatic hydroxyl groups excluding tert-OH is 7. The van der Waals surface area contributed by atoms with Crippen LogP contribution in [-0.2, 0) is 14.2 Å². The van der Waals surface area contributed by atoms with Gasteiger partial charge in [-0.05, 0) is 48.5 Å². The van der Waals surface area contributed by atoms with Crippen LogP contribution in [0.1, 0.15) is 10.4 Å². The molecule has 52 heavy (non-hydrogen) atoms. The van der Waals surface area contributed by atoms with Gasteiger partial charge in [0.05, 0.1) is 12.2 Å². The van der Waals surface area contributed by atoms with Crippen molar-refractivity contribution in [1.29, 1.82) is 0 Å². The van der Waals surface area contributed by atoms with E-state index in [0.717, 1.165) is 12.1 Å². The van der Waals surface area contributed by atoms with Gasteiger partial charge in [-0.2, -0.15) is 0 Å². The molecule has 0 aliphatic carbocycles. The Morgan fingerprint density at radius 1 is 0.692 bits per heavy atom. The topological polar surface area (TPSA) is 296 Å². The first kappa shape index (κ1) is 36.8. The molecule has 5 unspecified atom stereocenters. The average Bonchev–Trinajstić information content (AvgIpc) is 3.12. The number of fused-ring (bicyclic) bond motifs is 1. The second-order valence-corrected chi connectivity index (χ2v) is 12.0. The van der Waals surface area contributed by atoms with Crippen molar-refractivity contribution < 1.29 is 84.0 Å². The van der Waals surface area contributed by atoms with Gasteiger partial charge in [-0.15, -0.1) is 0 Å². The van der Waals surface area contributed by atoms with Gasteiger partial charge in [0.2, 0.25) is 23.8 Å². The van der Waals surface area contributed by atoms with E-state index in [1.165, 1.54) is 48.5 Å². The maximum absolute atomic E-state index is 14.0. The van der Waals surface area contributed by atoms with E-state index in [1.807, 2.05) is 0 Å². The first-order chi connectivity index (χ1) is 24.8. The van der Waals surface area contributed by atoms with E-state index in [4.69, 9.17) is 28.1 Å². The summed E-state index contributed by atoms with van der Waals surface area (Å²) in [7, 11) is 0. The summed E-state index contributed by atoms with van der Waals surface area (Å²) in [5.41, 5.74) is -1.19. The molecule has 10 N–H and O–H groups in total. The Balaban J connectivity index is 1.33. The number of carbonyl (C=O) groups is 1. The molecule has 4 aromatic rings. The van der Waals surface area contributed by atoms with Gasteiger partial charge >= 0.3 is 5.97 Å². The molecule has 3 heterocycles. The fourth-order valence-electron chi connectivity index (χ4n) is 5.64. The van der Waals surface area contributed by atoms with Gasteiger partial charge in [-0.1, -0.05) is 0 Å². The number of hydrogen-bond acceptors (Lipinski definition) is 18. The second kappa shape index (κ2) is 14.9. The minimum Gasteiger partial charge on any atom is -0.508 e. The van der Waals surface area contributed by atoms with Crippen LogP contribution in [0.2, 0.25) is 0 Å². The van der Waals surface area contributed by atoms with E-state index in [2.05, 4.69) is 0 Å². The number of ether oxygens (including phenoxy) is 5. The summed E-state index contributed by atoms with van der Waals surface area (Å²) >= 11 is 0. The maximum atomic E-state index is 14.0. The minimum atomic E-state index is -1.98. The van der Waals surface area contributed by atoms with E-state index in [1.54, 1.807) is 0 Å². The molecule has 0 spiro atoms. The SMILES string of the molecule is O=C(OC[C@H]1O[C@@H](Oc2c(-c3ccc(O)cc3)oc3cc(OC4OC(CO)C(O)C(O)C4O)cc(O)c3c2=O)[C@H](O)[C@@H](O)[C@@H]1O)c1ccc(O)cc1. The van der Waals surface area contributed by atoms with E-state index in [-0.39, 0.29) is 39.7 Å². The Morgan fingerprint density at radius 3 is 1.87 bits per heavy atom. The molecule has 1 aromatic heterocycles. The highest BCUT2D eigenvalue weighted by Crippen LogP contribution is 2.38. The van der Waals surface area contributed by atoms with Crippen LogP contribution in [0.4, 0.5) is 0 Å². The molecule has 2 aliphatic rings. The first-order valence-electron chi connectivity index (χ1n) is 15.7. The zero-order valence-electron chi connectivity index (χ0n) is 26.7. The molecule has 6 rings (SSSR count). The fraction of sp³-hybridized carbons (Fsp3) is 0.353. The molecule has 0 radical (unpaired) electrons. The molecular formula is C34H34O18. The highest BCUT2D eigenvalue weighted by atomic mass is 16.7. The van der Waals surface area contributed by atoms with Crippen LogP contribution in [0, 0.1) is 0 Å². The van der Waals surface area contributed by atoms with Crippen LogP contribution < -0.4 is 14.9 Å². The third-order valence-corrected chi connectivity index (χ3v) is 8.52. The molecule has 2 aliphatic heterocycles. The minimum absolute atomic E-state index is 0.0466. The summed E-state index contributed by atoms with van der Waals surface area (Å²) in [5, 5.41) is 102. The zero-order valence-corrected chi connectivity index (χ0v) is 26.7. The van der Waals surface area contributed by atoms with Gasteiger partial charge in [-0.25, -0.2) is 4.79 Å². The van der Waals surface area contributed by atoms with Gasteiger partial charge in [0.25, 0.3) is 0 Å². The number of phenolic OH excluding ortho intramolecular Hbond substituents is 3. The first-order valence-corrected chi connectivity index (χ1v) is 15.7. The summed E-state index contributed by atoms with van der Waals surface area (Å²) in [6.45, 7) is -1.39. The number of rotatable bonds is 9. The lowest BCUT2D eigenvalue weighted by atomic mass is 9.99. The Kier molecular flexibility index (Phi) is 10.5. The van der Waals surface area contributed by atoms with Crippen molar-refractivity contribution in [1.82, 2.24) is 0 Å². The highest BCUT2D eigenvalue weighted by molar-refractivity contribution is 5.89. The molecule has 278 valence electrons. The quantitative estimate of drug-likeness (QED) is 0.0905. The van der Waals surface area contributed by atoms with E-state index < -0.39 is 103 Å². The molecule has 3 aromatic carbocycles. The number of hydrogen-bond donors (Lipinski definition) is 10. The highest BCUT2D eigenvalue weighted by Gasteiger charge is 2.47. The number of aliphatic hydroxyl groups is 7. The summed E-state index contributed by atoms with van der Waals surface area (Å²) in [6.07, 6.45) is -17.3. The summed E-state index contributed by atoms with van der Waals surface area (Å²) in [5.74, 6) is -3.13. The third kappa shape index (κ3) is 7.19. The van der Waals surface area contributed by atoms with Crippen molar-refractivity contribution in [3.8, 4) is 40.1 Å². The zero-order chi connectivity index (χ0) is 37.4. The largest absolute Gasteiger partial charge is 0.508 e. The predicted molar refractivity (Wildman–Crippen MR) is 171 cm³/mol. The van der Waals surface area contributed by atoms with Gasteiger partial charge in [0.1, 0.15) is 89.4 Å². The molecule has 0 bridgehead atoms. The number of esters is 1. The normalized spacial score (nSPS) is 29.1. The van der Waals surface area contributed by atoms with Gasteiger partial charge in [0.15, 0.2) is 5.76 Å². The van der Waals surface area contributed by atoms with Crippen LogP contribution in [0.5, 0.6) is 28.7 Å². The molecule has 18 heteroatoms. The Bertz CT molecular complexity index is 1940. The van der Waals surface area contributed by atoms with E-state index in [9.17, 15) is 60.7 Å². The van der Waals surface area contributed by atoms with Crippen LogP contribution in [0.25, 0.3) is 22.3 Å². The van der Waals surface area contributed by atoms with Crippen molar-refractivity contribution >= 4 is 16.9 Å². The van der Waals surface area contributed by atoms with Crippen molar-refractivity contribution in [2.45, 2.75) is 61.4 Å². The standard InChI is InChI=1S/C34H34O18/c35-11-20-23(39)26(42)28(44)33(50-20)48-17-9-18(38)22-19(10-17)49-30(13-1-5-15(36)6-2-13)31(25(22)41)52-34-29(45)27(43)24(40)21(51-34)12-47-32(46)14-3-7-16(37)8-4-14/h1-10,20-21,23-24,26-29,33-40,42-45H,11-12H2/t20?,21-,23?,24-,26?,27+,28?,29-,33?,34+/m1/s1. The number of carbonyl (C=O) groups excluding carboxylic acids is 1. The maximum Gasteiger partial charge on any atom is 0.338 e. The Hall–Kier alpha value is -5.02. The van der Waals surface area contributed by atoms with Gasteiger partial charge in [0, 0.05) is 17.7 Å². The van der Waals surface area contributed by atoms with Gasteiger partial charge < -0.3 is 79.2 Å². The summed E-state index contributed by atoms with van der Waals surface area (Å²) < 4.78 is 33.6. The molecule has 0 amide bonds. The van der Waals surface area contributed by atoms with Crippen LogP contribution >= 0.6 is 0 Å². The van der Waals surface area contributed by atoms with Gasteiger partial charge in [-0.3, -0.25) is 4.79 Å². The summed E-state index contributed by atoms with van der Waals surface area (Å²) in [6, 6.07) is 12.3. The molecular weight excluding hydrogens is 696 g/mol. The fourth-order valence-corrected chi connectivity index (χ4v) is 5.64. The van der Waals surface area contributed by atoms with Crippen molar-refractivity contribution in [2.75, 3.05) is 13.2 Å². The lowest BCUT2D eigenvalue weighted by Crippen LogP contribution is -2.60. The Labute approximate surface area is 292 Å². The summed E-state index contributed by atoms with van der Waals surface area (Å²) in [4.78, 5) is 26.5.